The molecule has 0 saturated heterocycles. The largest absolute Gasteiger partial charge is 0.465 e. The molecule has 0 bridgehead atoms. The Bertz CT molecular complexity index is 689. The zero-order valence-electron chi connectivity index (χ0n) is 11.1. The molecule has 0 atom stereocenters. The van der Waals surface area contributed by atoms with E-state index in [1.54, 1.807) is 0 Å². The Hall–Kier alpha value is -2.35. The van der Waals surface area contributed by atoms with E-state index in [9.17, 15) is 22.8 Å². The van der Waals surface area contributed by atoms with E-state index >= 15 is 0 Å². The first-order valence-corrected chi connectivity index (χ1v) is 6.81. The predicted molar refractivity (Wildman–Crippen MR) is 72.1 cm³/mol. The molecule has 0 unspecified atom stereocenters. The normalized spacial score (nSPS) is 11.1. The second kappa shape index (κ2) is 6.18. The summed E-state index contributed by atoms with van der Waals surface area (Å²) >= 11 is 1.13. The Balaban J connectivity index is 2.16. The molecule has 0 aliphatic carbocycles. The van der Waals surface area contributed by atoms with Gasteiger partial charge in [0.2, 0.25) is 0 Å². The summed E-state index contributed by atoms with van der Waals surface area (Å²) in [4.78, 5) is 23.3. The van der Waals surface area contributed by atoms with E-state index in [4.69, 9.17) is 4.74 Å². The molecule has 0 fully saturated rings. The summed E-state index contributed by atoms with van der Waals surface area (Å²) in [6.45, 7) is 0. The summed E-state index contributed by atoms with van der Waals surface area (Å²) in [5, 5.41) is 2.87. The second-order valence-electron chi connectivity index (χ2n) is 4.11. The number of esters is 2. The van der Waals surface area contributed by atoms with Gasteiger partial charge in [-0.1, -0.05) is 0 Å². The van der Waals surface area contributed by atoms with Crippen molar-refractivity contribution in [3.8, 4) is 5.75 Å². The van der Waals surface area contributed by atoms with Crippen molar-refractivity contribution < 1.29 is 32.2 Å². The van der Waals surface area contributed by atoms with E-state index < -0.39 is 23.7 Å². The highest BCUT2D eigenvalue weighted by atomic mass is 32.1. The lowest BCUT2D eigenvalue weighted by Gasteiger charge is -2.08. The maximum Gasteiger partial charge on any atom is 0.416 e. The number of halogens is 3. The van der Waals surface area contributed by atoms with Gasteiger partial charge in [0.1, 0.15) is 5.56 Å². The van der Waals surface area contributed by atoms with E-state index in [2.05, 4.69) is 4.74 Å². The average Bonchev–Trinajstić information content (AvgIpc) is 2.93. The van der Waals surface area contributed by atoms with E-state index in [0.29, 0.717) is 0 Å². The van der Waals surface area contributed by atoms with E-state index in [0.717, 1.165) is 35.6 Å². The van der Waals surface area contributed by atoms with Gasteiger partial charge in [-0.05, 0) is 24.3 Å². The number of hydrogen-bond acceptors (Lipinski definition) is 5. The number of hydrogen-bond donors (Lipinski definition) is 0. The number of ether oxygens (including phenoxy) is 2. The van der Waals surface area contributed by atoms with Gasteiger partial charge in [0, 0.05) is 10.8 Å². The molecule has 2 aromatic rings. The fourth-order valence-electron chi connectivity index (χ4n) is 1.58. The number of rotatable bonds is 3. The van der Waals surface area contributed by atoms with Crippen molar-refractivity contribution >= 4 is 23.3 Å². The monoisotopic (exact) mass is 330 g/mol. The maximum absolute atomic E-state index is 12.4. The number of methoxy groups -OCH3 is 1. The molecule has 4 nitrogen and oxygen atoms in total. The van der Waals surface area contributed by atoms with Crippen molar-refractivity contribution in [3.05, 3.63) is 51.7 Å². The molecule has 0 aliphatic rings. The SMILES string of the molecule is COC(=O)c1cscc1OC(=O)c1ccc(C(F)(F)F)cc1. The van der Waals surface area contributed by atoms with Crippen molar-refractivity contribution in [2.24, 2.45) is 0 Å². The van der Waals surface area contributed by atoms with Crippen LogP contribution in [-0.4, -0.2) is 19.0 Å². The Kier molecular flexibility index (Phi) is 4.51. The standard InChI is InChI=1S/C14H9F3O4S/c1-20-13(19)10-6-22-7-11(10)21-12(18)8-2-4-9(5-3-8)14(15,16)17/h2-7H,1H3. The first-order chi connectivity index (χ1) is 10.3. The van der Waals surface area contributed by atoms with Crippen molar-refractivity contribution in [2.75, 3.05) is 7.11 Å². The summed E-state index contributed by atoms with van der Waals surface area (Å²) in [6.07, 6.45) is -4.48. The maximum atomic E-state index is 12.4. The molecule has 0 radical (unpaired) electrons. The van der Waals surface area contributed by atoms with Gasteiger partial charge in [-0.3, -0.25) is 0 Å². The second-order valence-corrected chi connectivity index (χ2v) is 4.85. The zero-order chi connectivity index (χ0) is 16.3. The Labute approximate surface area is 127 Å². The van der Waals surface area contributed by atoms with Gasteiger partial charge in [0.05, 0.1) is 18.2 Å². The van der Waals surface area contributed by atoms with Crippen LogP contribution in [0.4, 0.5) is 13.2 Å². The molecule has 0 N–H and O–H groups in total. The number of carbonyl (C=O) groups excluding carboxylic acids is 2. The Morgan fingerprint density at radius 3 is 2.23 bits per heavy atom. The predicted octanol–water partition coefficient (Wildman–Crippen LogP) is 3.77. The van der Waals surface area contributed by atoms with Crippen molar-refractivity contribution in [3.63, 3.8) is 0 Å². The lowest BCUT2D eigenvalue weighted by atomic mass is 10.1. The van der Waals surface area contributed by atoms with Crippen LogP contribution in [0.2, 0.25) is 0 Å². The molecule has 0 aliphatic heterocycles. The molecule has 2 rings (SSSR count). The summed E-state index contributed by atoms with van der Waals surface area (Å²) in [5.74, 6) is -1.53. The van der Waals surface area contributed by atoms with E-state index in [1.165, 1.54) is 17.9 Å². The first kappa shape index (κ1) is 16.0. The molecule has 1 heterocycles. The van der Waals surface area contributed by atoms with Gasteiger partial charge < -0.3 is 9.47 Å². The summed E-state index contributed by atoms with van der Waals surface area (Å²) in [6, 6.07) is 3.58. The van der Waals surface area contributed by atoms with Gasteiger partial charge in [-0.25, -0.2) is 9.59 Å². The van der Waals surface area contributed by atoms with Gasteiger partial charge in [-0.15, -0.1) is 11.3 Å². The third kappa shape index (κ3) is 3.45. The molecule has 116 valence electrons. The van der Waals surface area contributed by atoms with Crippen molar-refractivity contribution in [2.45, 2.75) is 6.18 Å². The minimum Gasteiger partial charge on any atom is -0.465 e. The van der Waals surface area contributed by atoms with Gasteiger partial charge in [0.25, 0.3) is 0 Å². The number of benzene rings is 1. The first-order valence-electron chi connectivity index (χ1n) is 5.87. The molecule has 8 heteroatoms. The molecule has 1 aromatic heterocycles. The van der Waals surface area contributed by atoms with E-state index in [-0.39, 0.29) is 16.9 Å². The lowest BCUT2D eigenvalue weighted by Crippen LogP contribution is -2.12. The molecule has 0 amide bonds. The topological polar surface area (TPSA) is 52.6 Å². The number of carbonyl (C=O) groups is 2. The molecule has 1 aromatic carbocycles. The van der Waals surface area contributed by atoms with Crippen LogP contribution in [-0.2, 0) is 10.9 Å². The van der Waals surface area contributed by atoms with Crippen LogP contribution >= 0.6 is 11.3 Å². The molecule has 22 heavy (non-hydrogen) atoms. The summed E-state index contributed by atoms with van der Waals surface area (Å²) in [7, 11) is 1.18. The molecular weight excluding hydrogens is 321 g/mol. The molecule has 0 spiro atoms. The zero-order valence-corrected chi connectivity index (χ0v) is 12.0. The van der Waals surface area contributed by atoms with E-state index in [1.807, 2.05) is 0 Å². The van der Waals surface area contributed by atoms with Crippen LogP contribution in [0.25, 0.3) is 0 Å². The van der Waals surface area contributed by atoms with Gasteiger partial charge in [-0.2, -0.15) is 13.2 Å². The third-order valence-electron chi connectivity index (χ3n) is 2.68. The van der Waals surface area contributed by atoms with Crippen LogP contribution < -0.4 is 4.74 Å². The lowest BCUT2D eigenvalue weighted by molar-refractivity contribution is -0.137. The van der Waals surface area contributed by atoms with Crippen molar-refractivity contribution in [1.82, 2.24) is 0 Å². The molecular formula is C14H9F3O4S. The fraction of sp³-hybridized carbons (Fsp3) is 0.143. The van der Waals surface area contributed by atoms with Crippen LogP contribution in [0, 0.1) is 0 Å². The third-order valence-corrected chi connectivity index (χ3v) is 3.40. The summed E-state index contributed by atoms with van der Waals surface area (Å²) < 4.78 is 46.9. The van der Waals surface area contributed by atoms with Crippen LogP contribution in [0.1, 0.15) is 26.3 Å². The molecule has 0 saturated carbocycles. The highest BCUT2D eigenvalue weighted by molar-refractivity contribution is 7.08. The quantitative estimate of drug-likeness (QED) is 0.804. The minimum atomic E-state index is -4.48. The van der Waals surface area contributed by atoms with Gasteiger partial charge >= 0.3 is 18.1 Å². The summed E-state index contributed by atoms with van der Waals surface area (Å²) in [5.41, 5.74) is -0.849. The Morgan fingerprint density at radius 1 is 1.05 bits per heavy atom. The average molecular weight is 330 g/mol. The minimum absolute atomic E-state index is 0.00162. The van der Waals surface area contributed by atoms with Crippen LogP contribution in [0.3, 0.4) is 0 Å². The number of alkyl halides is 3. The van der Waals surface area contributed by atoms with Crippen molar-refractivity contribution in [1.29, 1.82) is 0 Å². The smallest absolute Gasteiger partial charge is 0.416 e. The van der Waals surface area contributed by atoms with Crippen LogP contribution in [0.5, 0.6) is 5.75 Å². The highest BCUT2D eigenvalue weighted by Gasteiger charge is 2.30. The fourth-order valence-corrected chi connectivity index (χ4v) is 2.29. The number of thiophene rings is 1. The Morgan fingerprint density at radius 2 is 1.68 bits per heavy atom. The highest BCUT2D eigenvalue weighted by Crippen LogP contribution is 2.29. The van der Waals surface area contributed by atoms with Gasteiger partial charge in [0.15, 0.2) is 5.75 Å². The van der Waals surface area contributed by atoms with Crippen LogP contribution in [0.15, 0.2) is 35.0 Å².